The van der Waals surface area contributed by atoms with Crippen molar-refractivity contribution in [3.8, 4) is 5.75 Å². The zero-order chi connectivity index (χ0) is 12.3. The first-order valence-corrected chi connectivity index (χ1v) is 5.03. The van der Waals surface area contributed by atoms with Crippen molar-refractivity contribution in [2.24, 2.45) is 0 Å². The van der Waals surface area contributed by atoms with Gasteiger partial charge in [0, 0.05) is 5.56 Å². The summed E-state index contributed by atoms with van der Waals surface area (Å²) in [4.78, 5) is 11.2. The van der Waals surface area contributed by atoms with Crippen molar-refractivity contribution in [2.45, 2.75) is 20.8 Å². The molecule has 1 rings (SSSR count). The SMILES string of the molecule is COc1ccc(C)cc1C(C(=O)O)=C(C)C. The van der Waals surface area contributed by atoms with E-state index in [1.54, 1.807) is 27.0 Å². The minimum Gasteiger partial charge on any atom is -0.496 e. The van der Waals surface area contributed by atoms with E-state index in [2.05, 4.69) is 0 Å². The minimum atomic E-state index is -0.927. The molecule has 0 saturated carbocycles. The third-order valence-electron chi connectivity index (χ3n) is 2.34. The molecule has 1 aromatic carbocycles. The summed E-state index contributed by atoms with van der Waals surface area (Å²) >= 11 is 0. The number of ether oxygens (including phenoxy) is 1. The second-order valence-corrected chi connectivity index (χ2v) is 3.88. The molecule has 1 N–H and O–H groups in total. The predicted molar refractivity (Wildman–Crippen MR) is 63.6 cm³/mol. The maximum atomic E-state index is 11.2. The van der Waals surface area contributed by atoms with E-state index in [9.17, 15) is 9.90 Å². The summed E-state index contributed by atoms with van der Waals surface area (Å²) < 4.78 is 5.18. The number of allylic oxidation sites excluding steroid dienone is 1. The van der Waals surface area contributed by atoms with E-state index >= 15 is 0 Å². The third kappa shape index (κ3) is 2.42. The Labute approximate surface area is 95.4 Å². The molecular formula is C13H16O3. The molecular weight excluding hydrogens is 204 g/mol. The molecule has 3 heteroatoms. The van der Waals surface area contributed by atoms with Crippen molar-refractivity contribution in [2.75, 3.05) is 7.11 Å². The minimum absolute atomic E-state index is 0.306. The van der Waals surface area contributed by atoms with Gasteiger partial charge in [-0.05, 0) is 32.9 Å². The molecule has 3 nitrogen and oxygen atoms in total. The summed E-state index contributed by atoms with van der Waals surface area (Å²) in [5, 5.41) is 9.19. The quantitative estimate of drug-likeness (QED) is 0.797. The highest BCUT2D eigenvalue weighted by molar-refractivity contribution is 6.17. The van der Waals surface area contributed by atoms with Gasteiger partial charge in [-0.15, -0.1) is 0 Å². The van der Waals surface area contributed by atoms with Gasteiger partial charge < -0.3 is 9.84 Å². The van der Waals surface area contributed by atoms with E-state index in [-0.39, 0.29) is 0 Å². The molecule has 0 saturated heterocycles. The van der Waals surface area contributed by atoms with Crippen molar-refractivity contribution in [3.05, 3.63) is 34.9 Å². The molecule has 0 aromatic heterocycles. The van der Waals surface area contributed by atoms with E-state index in [0.717, 1.165) is 11.1 Å². The number of carbonyl (C=O) groups is 1. The maximum Gasteiger partial charge on any atom is 0.336 e. The Morgan fingerprint density at radius 2 is 1.94 bits per heavy atom. The van der Waals surface area contributed by atoms with Crippen LogP contribution in [-0.2, 0) is 4.79 Å². The van der Waals surface area contributed by atoms with Gasteiger partial charge in [-0.25, -0.2) is 4.79 Å². The fourth-order valence-corrected chi connectivity index (χ4v) is 1.62. The van der Waals surface area contributed by atoms with Gasteiger partial charge in [0.05, 0.1) is 12.7 Å². The molecule has 16 heavy (non-hydrogen) atoms. The second kappa shape index (κ2) is 4.84. The molecule has 0 heterocycles. The smallest absolute Gasteiger partial charge is 0.336 e. The van der Waals surface area contributed by atoms with Crippen molar-refractivity contribution in [1.29, 1.82) is 0 Å². The Morgan fingerprint density at radius 1 is 1.31 bits per heavy atom. The van der Waals surface area contributed by atoms with Crippen LogP contribution >= 0.6 is 0 Å². The first-order valence-electron chi connectivity index (χ1n) is 5.03. The summed E-state index contributed by atoms with van der Waals surface area (Å²) in [6.45, 7) is 5.49. The zero-order valence-electron chi connectivity index (χ0n) is 10.00. The van der Waals surface area contributed by atoms with Crippen LogP contribution in [0.15, 0.2) is 23.8 Å². The highest BCUT2D eigenvalue weighted by Gasteiger charge is 2.16. The van der Waals surface area contributed by atoms with Gasteiger partial charge in [-0.1, -0.05) is 17.2 Å². The van der Waals surface area contributed by atoms with Gasteiger partial charge in [0.15, 0.2) is 0 Å². The number of aryl methyl sites for hydroxylation is 1. The third-order valence-corrected chi connectivity index (χ3v) is 2.34. The van der Waals surface area contributed by atoms with Crippen LogP contribution in [0.25, 0.3) is 5.57 Å². The van der Waals surface area contributed by atoms with Crippen LogP contribution in [0.2, 0.25) is 0 Å². The number of rotatable bonds is 3. The van der Waals surface area contributed by atoms with Crippen LogP contribution in [0.1, 0.15) is 25.0 Å². The van der Waals surface area contributed by atoms with Gasteiger partial charge in [0.2, 0.25) is 0 Å². The van der Waals surface area contributed by atoms with Crippen molar-refractivity contribution < 1.29 is 14.6 Å². The molecule has 0 atom stereocenters. The summed E-state index contributed by atoms with van der Waals surface area (Å²) in [5.41, 5.74) is 2.71. The lowest BCUT2D eigenvalue weighted by Gasteiger charge is -2.11. The molecule has 0 aliphatic carbocycles. The number of hydrogen-bond donors (Lipinski definition) is 1. The molecule has 0 amide bonds. The largest absolute Gasteiger partial charge is 0.496 e. The second-order valence-electron chi connectivity index (χ2n) is 3.88. The monoisotopic (exact) mass is 220 g/mol. The Kier molecular flexibility index (Phi) is 3.72. The first kappa shape index (κ1) is 12.3. The number of methoxy groups -OCH3 is 1. The van der Waals surface area contributed by atoms with Crippen molar-refractivity contribution in [1.82, 2.24) is 0 Å². The van der Waals surface area contributed by atoms with Crippen LogP contribution < -0.4 is 4.74 Å². The average Bonchev–Trinajstić information content (AvgIpc) is 2.17. The number of carboxylic acid groups (broad SMARTS) is 1. The molecule has 1 aromatic rings. The number of carboxylic acids is 1. The van der Waals surface area contributed by atoms with Gasteiger partial charge in [-0.3, -0.25) is 0 Å². The molecule has 0 aliphatic rings. The van der Waals surface area contributed by atoms with E-state index in [1.165, 1.54) is 0 Å². The lowest BCUT2D eigenvalue weighted by molar-refractivity contribution is -0.130. The number of benzene rings is 1. The summed E-state index contributed by atoms with van der Waals surface area (Å²) in [6.07, 6.45) is 0. The van der Waals surface area contributed by atoms with Crippen LogP contribution in [0.4, 0.5) is 0 Å². The van der Waals surface area contributed by atoms with Gasteiger partial charge in [0.25, 0.3) is 0 Å². The van der Waals surface area contributed by atoms with Gasteiger partial charge in [0.1, 0.15) is 5.75 Å². The highest BCUT2D eigenvalue weighted by Crippen LogP contribution is 2.29. The lowest BCUT2D eigenvalue weighted by atomic mass is 9.99. The molecule has 0 unspecified atom stereocenters. The standard InChI is InChI=1S/C13H16O3/c1-8(2)12(13(14)15)10-7-9(3)5-6-11(10)16-4/h5-7H,1-4H3,(H,14,15). The molecule has 0 aliphatic heterocycles. The van der Waals surface area contributed by atoms with E-state index in [0.29, 0.717) is 16.9 Å². The first-order chi connectivity index (χ1) is 7.47. The molecule has 0 bridgehead atoms. The maximum absolute atomic E-state index is 11.2. The van der Waals surface area contributed by atoms with E-state index in [4.69, 9.17) is 4.74 Å². The van der Waals surface area contributed by atoms with Crippen LogP contribution in [0.5, 0.6) is 5.75 Å². The summed E-state index contributed by atoms with van der Waals surface area (Å²) in [5.74, 6) is -0.340. The van der Waals surface area contributed by atoms with Crippen molar-refractivity contribution in [3.63, 3.8) is 0 Å². The zero-order valence-corrected chi connectivity index (χ0v) is 10.00. The summed E-state index contributed by atoms with van der Waals surface area (Å²) in [7, 11) is 1.54. The highest BCUT2D eigenvalue weighted by atomic mass is 16.5. The Morgan fingerprint density at radius 3 is 2.38 bits per heavy atom. The molecule has 0 fully saturated rings. The van der Waals surface area contributed by atoms with E-state index < -0.39 is 5.97 Å². The Bertz CT molecular complexity index is 440. The number of aliphatic carboxylic acids is 1. The van der Waals surface area contributed by atoms with Crippen LogP contribution in [0.3, 0.4) is 0 Å². The topological polar surface area (TPSA) is 46.5 Å². The summed E-state index contributed by atoms with van der Waals surface area (Å²) in [6, 6.07) is 5.51. The Balaban J connectivity index is 3.46. The number of hydrogen-bond acceptors (Lipinski definition) is 2. The van der Waals surface area contributed by atoms with Crippen LogP contribution in [-0.4, -0.2) is 18.2 Å². The predicted octanol–water partition coefficient (Wildman–Crippen LogP) is 2.88. The normalized spacial score (nSPS) is 9.75. The average molecular weight is 220 g/mol. The molecule has 0 radical (unpaired) electrons. The van der Waals surface area contributed by atoms with Gasteiger partial charge in [-0.2, -0.15) is 0 Å². The lowest BCUT2D eigenvalue weighted by Crippen LogP contribution is -2.04. The Hall–Kier alpha value is -1.77. The van der Waals surface area contributed by atoms with Gasteiger partial charge >= 0.3 is 5.97 Å². The van der Waals surface area contributed by atoms with E-state index in [1.807, 2.05) is 19.1 Å². The fourth-order valence-electron chi connectivity index (χ4n) is 1.62. The van der Waals surface area contributed by atoms with Crippen molar-refractivity contribution >= 4 is 11.5 Å². The fraction of sp³-hybridized carbons (Fsp3) is 0.308. The van der Waals surface area contributed by atoms with Crippen LogP contribution in [0, 0.1) is 6.92 Å². The molecule has 86 valence electrons. The molecule has 0 spiro atoms.